The molecule has 0 amide bonds. The zero-order valence-corrected chi connectivity index (χ0v) is 19.7. The van der Waals surface area contributed by atoms with Gasteiger partial charge in [0, 0.05) is 36.8 Å². The van der Waals surface area contributed by atoms with E-state index in [4.69, 9.17) is 10.5 Å². The summed E-state index contributed by atoms with van der Waals surface area (Å²) in [6.45, 7) is 4.71. The highest BCUT2D eigenvalue weighted by molar-refractivity contribution is 5.99. The number of nitrogens with zero attached hydrogens (tertiary/aromatic N) is 4. The monoisotopic (exact) mass is 500 g/mol. The number of aryl methyl sites for hydroxylation is 1. The van der Waals surface area contributed by atoms with Gasteiger partial charge in [-0.25, -0.2) is 9.98 Å². The predicted octanol–water partition coefficient (Wildman–Crippen LogP) is 3.75. The zero-order chi connectivity index (χ0) is 25.7. The number of rotatable bonds is 7. The molecule has 4 rings (SSSR count). The first kappa shape index (κ1) is 25.4. The Morgan fingerprint density at radius 2 is 1.92 bits per heavy atom. The van der Waals surface area contributed by atoms with Gasteiger partial charge in [0.05, 0.1) is 36.8 Å². The van der Waals surface area contributed by atoms with E-state index in [2.05, 4.69) is 25.2 Å². The third kappa shape index (κ3) is 6.10. The number of aliphatic hydroxyl groups excluding tert-OH is 1. The molecular weight excluding hydrogens is 473 g/mol. The van der Waals surface area contributed by atoms with Gasteiger partial charge in [0.1, 0.15) is 11.7 Å². The fourth-order valence-corrected chi connectivity index (χ4v) is 3.79. The van der Waals surface area contributed by atoms with Crippen LogP contribution in [0.2, 0.25) is 0 Å². The summed E-state index contributed by atoms with van der Waals surface area (Å²) < 4.78 is 44.7. The van der Waals surface area contributed by atoms with Crippen molar-refractivity contribution in [1.29, 1.82) is 0 Å². The molecule has 0 aliphatic carbocycles. The van der Waals surface area contributed by atoms with E-state index in [1.165, 1.54) is 12.1 Å². The van der Waals surface area contributed by atoms with Crippen LogP contribution in [-0.4, -0.2) is 60.4 Å². The molecular formula is C25H27F3N6O2. The van der Waals surface area contributed by atoms with Crippen LogP contribution in [0.3, 0.4) is 0 Å². The first-order valence-corrected chi connectivity index (χ1v) is 11.4. The topological polar surface area (TPSA) is 109 Å². The molecule has 0 radical (unpaired) electrons. The molecule has 0 saturated carbocycles. The Kier molecular flexibility index (Phi) is 7.70. The largest absolute Gasteiger partial charge is 0.416 e. The van der Waals surface area contributed by atoms with Gasteiger partial charge >= 0.3 is 6.18 Å². The quantitative estimate of drug-likeness (QED) is 0.335. The third-order valence-electron chi connectivity index (χ3n) is 5.67. The average molecular weight is 501 g/mol. The number of aliphatic imine (C=N–C) groups is 1. The van der Waals surface area contributed by atoms with Gasteiger partial charge in [-0.05, 0) is 36.8 Å². The number of morpholine rings is 1. The Hall–Kier alpha value is -3.70. The molecule has 1 aliphatic rings. The molecule has 11 heteroatoms. The van der Waals surface area contributed by atoms with Crippen molar-refractivity contribution in [2.45, 2.75) is 13.1 Å². The molecule has 2 aromatic carbocycles. The standard InChI is InChI=1S/C25H27F3N6O2/c1-16-5-6-19(31-23(29)17-3-2-4-18(13-17)25(26,27)28)14-20(16)21-15-22(34-8-11-36-12-9-34)33-24(32-21)30-7-10-35/h2-6,13-15,35H,7-12H2,1H3,(H2,29,31)(H,30,32,33). The molecule has 0 bridgehead atoms. The molecule has 0 spiro atoms. The number of benzene rings is 2. The molecule has 4 N–H and O–H groups in total. The molecule has 8 nitrogen and oxygen atoms in total. The van der Waals surface area contributed by atoms with Crippen molar-refractivity contribution in [3.8, 4) is 11.3 Å². The minimum absolute atomic E-state index is 0.0297. The summed E-state index contributed by atoms with van der Waals surface area (Å²) in [4.78, 5) is 15.7. The number of aliphatic hydroxyl groups is 1. The van der Waals surface area contributed by atoms with Gasteiger partial charge in [-0.3, -0.25) is 0 Å². The lowest BCUT2D eigenvalue weighted by atomic mass is 10.0. The molecule has 1 fully saturated rings. The number of hydrogen-bond donors (Lipinski definition) is 3. The summed E-state index contributed by atoms with van der Waals surface area (Å²) in [7, 11) is 0. The van der Waals surface area contributed by atoms with Gasteiger partial charge in [0.25, 0.3) is 0 Å². The van der Waals surface area contributed by atoms with Crippen LogP contribution in [0.25, 0.3) is 11.3 Å². The number of aromatic nitrogens is 2. The van der Waals surface area contributed by atoms with Gasteiger partial charge < -0.3 is 25.8 Å². The first-order valence-electron chi connectivity index (χ1n) is 11.4. The second-order valence-electron chi connectivity index (χ2n) is 8.26. The van der Waals surface area contributed by atoms with Crippen LogP contribution in [0.15, 0.2) is 53.5 Å². The summed E-state index contributed by atoms with van der Waals surface area (Å²) in [5.41, 5.74) is 8.27. The van der Waals surface area contributed by atoms with Crippen LogP contribution in [0, 0.1) is 6.92 Å². The Morgan fingerprint density at radius 3 is 2.64 bits per heavy atom. The van der Waals surface area contributed by atoms with E-state index in [9.17, 15) is 18.3 Å². The molecule has 36 heavy (non-hydrogen) atoms. The number of hydrogen-bond acceptors (Lipinski definition) is 7. The lowest BCUT2D eigenvalue weighted by Gasteiger charge is -2.28. The van der Waals surface area contributed by atoms with Crippen molar-refractivity contribution in [3.05, 3.63) is 65.2 Å². The third-order valence-corrected chi connectivity index (χ3v) is 5.67. The highest BCUT2D eigenvalue weighted by atomic mass is 19.4. The zero-order valence-electron chi connectivity index (χ0n) is 19.7. The highest BCUT2D eigenvalue weighted by Crippen LogP contribution is 2.31. The normalized spacial score (nSPS) is 14.7. The van der Waals surface area contributed by atoms with E-state index < -0.39 is 11.7 Å². The number of halogens is 3. The van der Waals surface area contributed by atoms with Crippen LogP contribution < -0.4 is 16.0 Å². The number of alkyl halides is 3. The van der Waals surface area contributed by atoms with Crippen molar-refractivity contribution in [2.75, 3.05) is 49.7 Å². The molecule has 0 atom stereocenters. The fraction of sp³-hybridized carbons (Fsp3) is 0.320. The van der Waals surface area contributed by atoms with E-state index >= 15 is 0 Å². The van der Waals surface area contributed by atoms with Crippen molar-refractivity contribution in [3.63, 3.8) is 0 Å². The maximum atomic E-state index is 13.1. The van der Waals surface area contributed by atoms with Crippen molar-refractivity contribution >= 4 is 23.3 Å². The maximum absolute atomic E-state index is 13.1. The highest BCUT2D eigenvalue weighted by Gasteiger charge is 2.30. The van der Waals surface area contributed by atoms with Gasteiger partial charge in [0.2, 0.25) is 5.95 Å². The number of amidine groups is 1. The van der Waals surface area contributed by atoms with Crippen molar-refractivity contribution < 1.29 is 23.0 Å². The Morgan fingerprint density at radius 1 is 1.14 bits per heavy atom. The van der Waals surface area contributed by atoms with Crippen LogP contribution in [0.1, 0.15) is 16.7 Å². The summed E-state index contributed by atoms with van der Waals surface area (Å²) in [5, 5.41) is 12.2. The van der Waals surface area contributed by atoms with Crippen LogP contribution in [-0.2, 0) is 10.9 Å². The summed E-state index contributed by atoms with van der Waals surface area (Å²) in [6.07, 6.45) is -4.47. The Balaban J connectivity index is 1.71. The summed E-state index contributed by atoms with van der Waals surface area (Å²) >= 11 is 0. The van der Waals surface area contributed by atoms with Gasteiger partial charge in [-0.15, -0.1) is 0 Å². The maximum Gasteiger partial charge on any atom is 0.416 e. The molecule has 0 unspecified atom stereocenters. The van der Waals surface area contributed by atoms with Crippen molar-refractivity contribution in [2.24, 2.45) is 10.7 Å². The van der Waals surface area contributed by atoms with E-state index in [1.54, 1.807) is 12.1 Å². The molecule has 190 valence electrons. The molecule has 3 aromatic rings. The van der Waals surface area contributed by atoms with E-state index in [-0.39, 0.29) is 18.0 Å². The second-order valence-corrected chi connectivity index (χ2v) is 8.26. The van der Waals surface area contributed by atoms with E-state index in [1.807, 2.05) is 19.1 Å². The Labute approximate surface area is 206 Å². The predicted molar refractivity (Wildman–Crippen MR) is 133 cm³/mol. The van der Waals surface area contributed by atoms with Crippen LogP contribution in [0.5, 0.6) is 0 Å². The fourth-order valence-electron chi connectivity index (χ4n) is 3.79. The number of ether oxygens (including phenoxy) is 1. The summed E-state index contributed by atoms with van der Waals surface area (Å²) in [6, 6.07) is 12.0. The smallest absolute Gasteiger partial charge is 0.395 e. The number of anilines is 2. The van der Waals surface area contributed by atoms with Crippen LogP contribution in [0.4, 0.5) is 30.6 Å². The number of nitrogens with two attached hydrogens (primary N) is 1. The SMILES string of the molecule is Cc1ccc(N=C(N)c2cccc(C(F)(F)F)c2)cc1-c1cc(N2CCOCC2)nc(NCCO)n1. The molecule has 2 heterocycles. The summed E-state index contributed by atoms with van der Waals surface area (Å²) in [5.74, 6) is 1.07. The lowest BCUT2D eigenvalue weighted by molar-refractivity contribution is -0.137. The van der Waals surface area contributed by atoms with Crippen LogP contribution >= 0.6 is 0 Å². The van der Waals surface area contributed by atoms with Gasteiger partial charge in [0.15, 0.2) is 0 Å². The Bertz CT molecular complexity index is 1240. The van der Waals surface area contributed by atoms with Gasteiger partial charge in [-0.1, -0.05) is 18.2 Å². The minimum atomic E-state index is -4.47. The number of nitrogens with one attached hydrogen (secondary N) is 1. The molecule has 1 aromatic heterocycles. The van der Waals surface area contributed by atoms with E-state index in [0.29, 0.717) is 50.2 Å². The molecule has 1 aliphatic heterocycles. The molecule has 1 saturated heterocycles. The van der Waals surface area contributed by atoms with E-state index in [0.717, 1.165) is 29.1 Å². The minimum Gasteiger partial charge on any atom is -0.395 e. The van der Waals surface area contributed by atoms with Crippen molar-refractivity contribution in [1.82, 2.24) is 9.97 Å². The second kappa shape index (κ2) is 10.9. The average Bonchev–Trinajstić information content (AvgIpc) is 2.88. The van der Waals surface area contributed by atoms with Gasteiger partial charge in [-0.2, -0.15) is 18.2 Å². The lowest BCUT2D eigenvalue weighted by Crippen LogP contribution is -2.37. The first-order chi connectivity index (χ1) is 17.2.